The fraction of sp³-hybridized carbons (Fsp3) is 0.480. The molecule has 0 aliphatic carbocycles. The van der Waals surface area contributed by atoms with Crippen LogP contribution in [0.3, 0.4) is 0 Å². The third kappa shape index (κ3) is 4.21. The number of ether oxygens (including phenoxy) is 3. The van der Waals surface area contributed by atoms with Gasteiger partial charge in [0.2, 0.25) is 6.79 Å². The van der Waals surface area contributed by atoms with Crippen molar-refractivity contribution in [2.24, 2.45) is 4.99 Å². The van der Waals surface area contributed by atoms with Gasteiger partial charge < -0.3 is 29.3 Å². The zero-order valence-corrected chi connectivity index (χ0v) is 18.8. The molecule has 3 heterocycles. The molecule has 0 spiro atoms. The minimum atomic E-state index is -0.0129. The zero-order valence-electron chi connectivity index (χ0n) is 18.8. The van der Waals surface area contributed by atoms with Crippen molar-refractivity contribution >= 4 is 11.6 Å². The van der Waals surface area contributed by atoms with Crippen molar-refractivity contribution in [1.29, 1.82) is 0 Å². The number of nitrogens with one attached hydrogen (secondary N) is 1. The Balaban J connectivity index is 1.26. The zero-order chi connectivity index (χ0) is 21.8. The quantitative estimate of drug-likeness (QED) is 0.588. The predicted molar refractivity (Wildman–Crippen MR) is 126 cm³/mol. The Labute approximate surface area is 190 Å². The second-order valence-corrected chi connectivity index (χ2v) is 8.67. The second kappa shape index (κ2) is 9.28. The highest BCUT2D eigenvalue weighted by Gasteiger charge is 2.36. The molecule has 0 amide bonds. The summed E-state index contributed by atoms with van der Waals surface area (Å²) < 4.78 is 16.9. The van der Waals surface area contributed by atoms with E-state index >= 15 is 0 Å². The fourth-order valence-corrected chi connectivity index (χ4v) is 4.95. The molecule has 7 nitrogen and oxygen atoms in total. The molecular weight excluding hydrogens is 404 g/mol. The lowest BCUT2D eigenvalue weighted by molar-refractivity contribution is 0.0511. The number of hydrogen-bond acceptors (Lipinski definition) is 5. The van der Waals surface area contributed by atoms with Crippen LogP contribution in [0.2, 0.25) is 0 Å². The highest BCUT2D eigenvalue weighted by Crippen LogP contribution is 2.40. The number of aliphatic imine (C=N–C) groups is 1. The molecule has 3 aliphatic rings. The van der Waals surface area contributed by atoms with Crippen LogP contribution in [-0.2, 0) is 10.2 Å². The first-order chi connectivity index (χ1) is 15.8. The molecule has 2 aromatic carbocycles. The van der Waals surface area contributed by atoms with Crippen LogP contribution in [0.4, 0.5) is 5.69 Å². The standard InChI is InChI=1S/C25H32N4O3/c1-26-24(29-13-11-28(12-14-29)21-5-3-2-4-6-21)27-18-25(9-15-30-16-10-25)20-7-8-22-23(17-20)32-19-31-22/h2-8,17H,9-16,18-19H2,1H3,(H,26,27). The van der Waals surface area contributed by atoms with Gasteiger partial charge in [0, 0.05) is 64.1 Å². The Morgan fingerprint density at radius 3 is 2.47 bits per heavy atom. The van der Waals surface area contributed by atoms with Gasteiger partial charge in [-0.1, -0.05) is 24.3 Å². The number of para-hydroxylation sites is 1. The third-order valence-corrected chi connectivity index (χ3v) is 6.93. The number of rotatable bonds is 4. The van der Waals surface area contributed by atoms with Gasteiger partial charge in [0.25, 0.3) is 0 Å². The number of nitrogens with zero attached hydrogens (tertiary/aromatic N) is 3. The van der Waals surface area contributed by atoms with Gasteiger partial charge in [-0.15, -0.1) is 0 Å². The molecular formula is C25H32N4O3. The first-order valence-electron chi connectivity index (χ1n) is 11.5. The van der Waals surface area contributed by atoms with Gasteiger partial charge in [-0.25, -0.2) is 0 Å². The molecule has 0 radical (unpaired) electrons. The minimum absolute atomic E-state index is 0.0129. The van der Waals surface area contributed by atoms with Gasteiger partial charge in [0.05, 0.1) is 0 Å². The lowest BCUT2D eigenvalue weighted by Gasteiger charge is -2.41. The minimum Gasteiger partial charge on any atom is -0.454 e. The monoisotopic (exact) mass is 436 g/mol. The Kier molecular flexibility index (Phi) is 6.08. The summed E-state index contributed by atoms with van der Waals surface area (Å²) in [5.41, 5.74) is 2.56. The van der Waals surface area contributed by atoms with E-state index in [2.05, 4.69) is 62.6 Å². The van der Waals surface area contributed by atoms with Crippen molar-refractivity contribution in [3.05, 3.63) is 54.1 Å². The van der Waals surface area contributed by atoms with Crippen LogP contribution in [0.1, 0.15) is 18.4 Å². The van der Waals surface area contributed by atoms with E-state index in [0.717, 1.165) is 76.2 Å². The molecule has 5 rings (SSSR count). The van der Waals surface area contributed by atoms with Gasteiger partial charge in [-0.2, -0.15) is 0 Å². The summed E-state index contributed by atoms with van der Waals surface area (Å²) in [6.07, 6.45) is 1.94. The summed E-state index contributed by atoms with van der Waals surface area (Å²) in [5, 5.41) is 3.70. The lowest BCUT2D eigenvalue weighted by Crippen LogP contribution is -2.55. The highest BCUT2D eigenvalue weighted by molar-refractivity contribution is 5.80. The Morgan fingerprint density at radius 2 is 1.72 bits per heavy atom. The average molecular weight is 437 g/mol. The van der Waals surface area contributed by atoms with Crippen LogP contribution < -0.4 is 19.7 Å². The van der Waals surface area contributed by atoms with Crippen molar-refractivity contribution in [3.63, 3.8) is 0 Å². The average Bonchev–Trinajstić information content (AvgIpc) is 3.34. The molecule has 0 bridgehead atoms. The molecule has 32 heavy (non-hydrogen) atoms. The molecule has 2 aromatic rings. The van der Waals surface area contributed by atoms with E-state index in [-0.39, 0.29) is 5.41 Å². The molecule has 2 fully saturated rings. The van der Waals surface area contributed by atoms with E-state index in [4.69, 9.17) is 14.2 Å². The third-order valence-electron chi connectivity index (χ3n) is 6.93. The van der Waals surface area contributed by atoms with Gasteiger partial charge >= 0.3 is 0 Å². The lowest BCUT2D eigenvalue weighted by atomic mass is 9.74. The van der Waals surface area contributed by atoms with Crippen molar-refractivity contribution in [2.75, 3.05) is 64.7 Å². The largest absolute Gasteiger partial charge is 0.454 e. The van der Waals surface area contributed by atoms with E-state index in [1.165, 1.54) is 11.3 Å². The normalized spacial score (nSPS) is 20.3. The molecule has 0 unspecified atom stereocenters. The molecule has 0 atom stereocenters. The number of benzene rings is 2. The molecule has 2 saturated heterocycles. The van der Waals surface area contributed by atoms with Crippen LogP contribution in [0.15, 0.2) is 53.5 Å². The molecule has 1 N–H and O–H groups in total. The smallest absolute Gasteiger partial charge is 0.231 e. The van der Waals surface area contributed by atoms with Crippen molar-refractivity contribution in [1.82, 2.24) is 10.2 Å². The fourth-order valence-electron chi connectivity index (χ4n) is 4.95. The summed E-state index contributed by atoms with van der Waals surface area (Å²) in [6, 6.07) is 17.0. The van der Waals surface area contributed by atoms with Crippen molar-refractivity contribution in [2.45, 2.75) is 18.3 Å². The topological polar surface area (TPSA) is 58.6 Å². The maximum Gasteiger partial charge on any atom is 0.231 e. The van der Waals surface area contributed by atoms with Gasteiger partial charge in [0.1, 0.15) is 0 Å². The van der Waals surface area contributed by atoms with Crippen molar-refractivity contribution < 1.29 is 14.2 Å². The van der Waals surface area contributed by atoms with Crippen LogP contribution in [-0.4, -0.2) is 70.6 Å². The van der Waals surface area contributed by atoms with E-state index in [1.54, 1.807) is 0 Å². The van der Waals surface area contributed by atoms with E-state index in [1.807, 2.05) is 13.1 Å². The first kappa shape index (κ1) is 20.9. The number of anilines is 1. The van der Waals surface area contributed by atoms with Crippen molar-refractivity contribution in [3.8, 4) is 11.5 Å². The SMILES string of the molecule is CN=C(NCC1(c2ccc3c(c2)OCO3)CCOCC1)N1CCN(c2ccccc2)CC1. The molecule has 170 valence electrons. The predicted octanol–water partition coefficient (Wildman–Crippen LogP) is 2.86. The van der Waals surface area contributed by atoms with Gasteiger partial charge in [0.15, 0.2) is 17.5 Å². The van der Waals surface area contributed by atoms with Gasteiger partial charge in [-0.3, -0.25) is 4.99 Å². The maximum absolute atomic E-state index is 5.71. The molecule has 0 saturated carbocycles. The summed E-state index contributed by atoms with van der Waals surface area (Å²) in [6.45, 7) is 6.55. The number of hydrogen-bond donors (Lipinski definition) is 1. The van der Waals surface area contributed by atoms with Crippen LogP contribution >= 0.6 is 0 Å². The summed E-state index contributed by atoms with van der Waals surface area (Å²) >= 11 is 0. The van der Waals surface area contributed by atoms with Crippen LogP contribution in [0.5, 0.6) is 11.5 Å². The summed E-state index contributed by atoms with van der Waals surface area (Å²) in [4.78, 5) is 9.42. The van der Waals surface area contributed by atoms with Gasteiger partial charge in [-0.05, 0) is 42.7 Å². The number of piperazine rings is 1. The molecule has 3 aliphatic heterocycles. The summed E-state index contributed by atoms with van der Waals surface area (Å²) in [7, 11) is 1.88. The van der Waals surface area contributed by atoms with E-state index < -0.39 is 0 Å². The second-order valence-electron chi connectivity index (χ2n) is 8.67. The Hall–Kier alpha value is -2.93. The highest BCUT2D eigenvalue weighted by atomic mass is 16.7. The summed E-state index contributed by atoms with van der Waals surface area (Å²) in [5.74, 6) is 2.65. The van der Waals surface area contributed by atoms with E-state index in [9.17, 15) is 0 Å². The maximum atomic E-state index is 5.71. The van der Waals surface area contributed by atoms with Crippen LogP contribution in [0.25, 0.3) is 0 Å². The van der Waals surface area contributed by atoms with E-state index in [0.29, 0.717) is 6.79 Å². The number of guanidine groups is 1. The Morgan fingerprint density at radius 1 is 0.969 bits per heavy atom. The number of fused-ring (bicyclic) bond motifs is 1. The molecule has 7 heteroatoms. The molecule has 0 aromatic heterocycles. The Bertz CT molecular complexity index is 935. The van der Waals surface area contributed by atoms with Crippen LogP contribution in [0, 0.1) is 0 Å². The first-order valence-corrected chi connectivity index (χ1v) is 11.5.